The first-order valence-corrected chi connectivity index (χ1v) is 11.3. The maximum Gasteiger partial charge on any atom is 0.259 e. The summed E-state index contributed by atoms with van der Waals surface area (Å²) in [7, 11) is 1.61. The van der Waals surface area contributed by atoms with Crippen molar-refractivity contribution in [3.8, 4) is 11.8 Å². The lowest BCUT2D eigenvalue weighted by Crippen LogP contribution is -2.49. The van der Waals surface area contributed by atoms with Crippen LogP contribution in [0.1, 0.15) is 16.7 Å². The van der Waals surface area contributed by atoms with E-state index >= 15 is 0 Å². The van der Waals surface area contributed by atoms with Gasteiger partial charge in [-0.15, -0.1) is 0 Å². The Bertz CT molecular complexity index is 1750. The lowest BCUT2D eigenvalue weighted by atomic mass is 9.69. The van der Waals surface area contributed by atoms with Crippen molar-refractivity contribution >= 4 is 22.5 Å². The van der Waals surface area contributed by atoms with Crippen molar-refractivity contribution in [2.75, 3.05) is 4.90 Å². The molecule has 0 saturated carbocycles. The van der Waals surface area contributed by atoms with Crippen LogP contribution in [0.2, 0.25) is 0 Å². The minimum Gasteiger partial charge on any atom is -0.439 e. The van der Waals surface area contributed by atoms with Crippen LogP contribution in [-0.4, -0.2) is 10.5 Å². The van der Waals surface area contributed by atoms with E-state index in [0.717, 1.165) is 0 Å². The Morgan fingerprint density at radius 2 is 1.81 bits per heavy atom. The van der Waals surface area contributed by atoms with E-state index in [-0.39, 0.29) is 29.3 Å². The molecule has 6 rings (SSSR count). The molecule has 1 spiro atoms. The predicted molar refractivity (Wildman–Crippen MR) is 131 cm³/mol. The highest BCUT2D eigenvalue weighted by atomic mass is 19.1. The van der Waals surface area contributed by atoms with E-state index in [9.17, 15) is 19.2 Å². The molecule has 8 heteroatoms. The number of benzene rings is 3. The van der Waals surface area contributed by atoms with E-state index in [1.54, 1.807) is 67.7 Å². The van der Waals surface area contributed by atoms with E-state index in [4.69, 9.17) is 10.5 Å². The highest BCUT2D eigenvalue weighted by molar-refractivity contribution is 6.14. The van der Waals surface area contributed by atoms with E-state index < -0.39 is 22.7 Å². The van der Waals surface area contributed by atoms with Crippen molar-refractivity contribution in [3.63, 3.8) is 0 Å². The molecule has 1 aromatic heterocycles. The molecule has 36 heavy (non-hydrogen) atoms. The van der Waals surface area contributed by atoms with Gasteiger partial charge < -0.3 is 19.9 Å². The van der Waals surface area contributed by atoms with Crippen molar-refractivity contribution in [2.45, 2.75) is 12.0 Å². The number of amides is 1. The van der Waals surface area contributed by atoms with E-state index in [0.29, 0.717) is 27.7 Å². The molecule has 4 aromatic rings. The summed E-state index contributed by atoms with van der Waals surface area (Å²) in [6.45, 7) is 0.0397. The minimum absolute atomic E-state index is 0.0358. The fourth-order valence-electron chi connectivity index (χ4n) is 5.42. The summed E-state index contributed by atoms with van der Waals surface area (Å²) in [5.41, 5.74) is 6.00. The molecule has 0 radical (unpaired) electrons. The van der Waals surface area contributed by atoms with Crippen LogP contribution in [0.25, 0.3) is 10.9 Å². The highest BCUT2D eigenvalue weighted by Gasteiger charge is 2.60. The second-order valence-corrected chi connectivity index (χ2v) is 8.83. The third-order valence-electron chi connectivity index (χ3n) is 6.97. The van der Waals surface area contributed by atoms with Crippen LogP contribution in [0.4, 0.5) is 10.1 Å². The number of ether oxygens (including phenoxy) is 1. The molecular weight excluding hydrogens is 459 g/mol. The molecule has 0 unspecified atom stereocenters. The summed E-state index contributed by atoms with van der Waals surface area (Å²) in [5, 5.41) is 10.8. The fourth-order valence-corrected chi connectivity index (χ4v) is 5.42. The zero-order valence-corrected chi connectivity index (χ0v) is 19.2. The first-order valence-electron chi connectivity index (χ1n) is 11.3. The third-order valence-corrected chi connectivity index (χ3v) is 6.97. The maximum atomic E-state index is 14.5. The van der Waals surface area contributed by atoms with Crippen LogP contribution >= 0.6 is 0 Å². The number of carbonyl (C=O) groups is 1. The summed E-state index contributed by atoms with van der Waals surface area (Å²) < 4.78 is 21.3. The van der Waals surface area contributed by atoms with Gasteiger partial charge in [0.2, 0.25) is 11.8 Å². The topological polar surface area (TPSA) is 101 Å². The van der Waals surface area contributed by atoms with Crippen LogP contribution in [-0.2, 0) is 23.8 Å². The zero-order valence-electron chi connectivity index (χ0n) is 19.2. The lowest BCUT2D eigenvalue weighted by Gasteiger charge is -2.34. The first kappa shape index (κ1) is 21.6. The largest absolute Gasteiger partial charge is 0.439 e. The number of hydrogen-bond donors (Lipinski definition) is 1. The minimum atomic E-state index is -1.81. The molecule has 2 N–H and O–H groups in total. The number of anilines is 1. The van der Waals surface area contributed by atoms with Gasteiger partial charge in [-0.1, -0.05) is 42.5 Å². The Labute approximate surface area is 205 Å². The Morgan fingerprint density at radius 1 is 1.06 bits per heavy atom. The van der Waals surface area contributed by atoms with Crippen molar-refractivity contribution in [2.24, 2.45) is 12.8 Å². The second kappa shape index (κ2) is 7.55. The molecule has 3 heterocycles. The number of nitrogens with zero attached hydrogens (tertiary/aromatic N) is 3. The average Bonchev–Trinajstić information content (AvgIpc) is 3.11. The highest BCUT2D eigenvalue weighted by Crippen LogP contribution is 2.55. The number of halogens is 1. The molecular formula is C28H19FN4O3. The van der Waals surface area contributed by atoms with Crippen molar-refractivity contribution < 1.29 is 13.9 Å². The van der Waals surface area contributed by atoms with Gasteiger partial charge in [0.1, 0.15) is 23.2 Å². The van der Waals surface area contributed by atoms with Crippen LogP contribution < -0.4 is 20.9 Å². The van der Waals surface area contributed by atoms with Crippen LogP contribution in [0.3, 0.4) is 0 Å². The molecule has 0 saturated heterocycles. The first-order chi connectivity index (χ1) is 17.4. The SMILES string of the molecule is Cn1c(=O)c2c(c3ccccc31)OC(N)=C(C#N)[C@@]21C(=O)N(Cc2cccc(F)c2)c2ccccc21. The number of nitriles is 1. The number of nitrogens with two attached hydrogens (primary N) is 1. The summed E-state index contributed by atoms with van der Waals surface area (Å²) in [6, 6.07) is 22.1. The number of aryl methyl sites for hydroxylation is 1. The molecule has 0 fully saturated rings. The monoisotopic (exact) mass is 478 g/mol. The van der Waals surface area contributed by atoms with Crippen molar-refractivity contribution in [1.82, 2.24) is 4.57 Å². The summed E-state index contributed by atoms with van der Waals surface area (Å²) in [4.78, 5) is 29.9. The van der Waals surface area contributed by atoms with Gasteiger partial charge in [0.25, 0.3) is 5.56 Å². The molecule has 2 aliphatic rings. The van der Waals surface area contributed by atoms with Crippen LogP contribution in [0, 0.1) is 17.1 Å². The van der Waals surface area contributed by atoms with E-state index in [1.807, 2.05) is 0 Å². The van der Waals surface area contributed by atoms with Crippen LogP contribution in [0.15, 0.2) is 89.0 Å². The predicted octanol–water partition coefficient (Wildman–Crippen LogP) is 3.60. The normalized spacial score (nSPS) is 18.2. The smallest absolute Gasteiger partial charge is 0.259 e. The number of hydrogen-bond acceptors (Lipinski definition) is 5. The molecule has 0 bridgehead atoms. The van der Waals surface area contributed by atoms with Gasteiger partial charge in [-0.2, -0.15) is 5.26 Å². The van der Waals surface area contributed by atoms with Crippen molar-refractivity contribution in [1.29, 1.82) is 5.26 Å². The maximum absolute atomic E-state index is 14.5. The van der Waals surface area contributed by atoms with E-state index in [1.165, 1.54) is 21.6 Å². The molecule has 3 aromatic carbocycles. The number of fused-ring (bicyclic) bond motifs is 6. The Balaban J connectivity index is 1.72. The van der Waals surface area contributed by atoms with Gasteiger partial charge in [-0.05, 0) is 35.9 Å². The molecule has 176 valence electrons. The third kappa shape index (κ3) is 2.65. The van der Waals surface area contributed by atoms with Gasteiger partial charge in [-0.3, -0.25) is 9.59 Å². The van der Waals surface area contributed by atoms with Gasteiger partial charge in [0, 0.05) is 23.7 Å². The fraction of sp³-hybridized carbons (Fsp3) is 0.107. The molecule has 0 aliphatic carbocycles. The quantitative estimate of drug-likeness (QED) is 0.475. The number of pyridine rings is 1. The summed E-state index contributed by atoms with van der Waals surface area (Å²) in [5.74, 6) is -1.04. The lowest BCUT2D eigenvalue weighted by molar-refractivity contribution is -0.121. The van der Waals surface area contributed by atoms with Gasteiger partial charge in [0.15, 0.2) is 5.41 Å². The number of aromatic nitrogens is 1. The number of rotatable bonds is 2. The number of carbonyl (C=O) groups excluding carboxylic acids is 1. The molecule has 1 amide bonds. The second-order valence-electron chi connectivity index (χ2n) is 8.83. The number of para-hydroxylation sites is 2. The molecule has 1 atom stereocenters. The molecule has 2 aliphatic heterocycles. The molecule has 7 nitrogen and oxygen atoms in total. The van der Waals surface area contributed by atoms with Gasteiger partial charge >= 0.3 is 0 Å². The Kier molecular flexibility index (Phi) is 4.53. The zero-order chi connectivity index (χ0) is 25.2. The van der Waals surface area contributed by atoms with Gasteiger partial charge in [-0.25, -0.2) is 4.39 Å². The van der Waals surface area contributed by atoms with Crippen LogP contribution in [0.5, 0.6) is 5.75 Å². The Hall–Kier alpha value is -4.90. The Morgan fingerprint density at radius 3 is 2.58 bits per heavy atom. The van der Waals surface area contributed by atoms with E-state index in [2.05, 4.69) is 6.07 Å². The summed E-state index contributed by atoms with van der Waals surface area (Å²) >= 11 is 0. The average molecular weight is 478 g/mol. The van der Waals surface area contributed by atoms with Gasteiger partial charge in [0.05, 0.1) is 17.6 Å². The standard InChI is InChI=1S/C28H19FN4O3/c1-32-21-11-4-2-9-18(21)24-23(26(32)34)28(20(14-30)25(31)36-24)19-10-3-5-12-22(19)33(27(28)35)15-16-7-6-8-17(29)13-16/h2-13H,15,31H2,1H3/t28-/m1/s1. The van der Waals surface area contributed by atoms with Crippen molar-refractivity contribution in [3.05, 3.63) is 117 Å². The summed E-state index contributed by atoms with van der Waals surface area (Å²) in [6.07, 6.45) is 0.